The van der Waals surface area contributed by atoms with Gasteiger partial charge in [0.25, 0.3) is 0 Å². The van der Waals surface area contributed by atoms with E-state index in [-0.39, 0.29) is 11.5 Å². The maximum Gasteiger partial charge on any atom is 0.0933 e. The standard InChI is InChI=1S/C30H29N/c1-23-17-19-30(2)20-18-25(24-11-5-3-6-12-24)21-27(30)22-26-13-9-10-16-29(26)31(23)28-14-7-4-8-15-28/h3-7,10-12,14,16-17,19,23,25,27H,18,20-22H2,1-2H3/b19-17-/t23-,25?,27?,30?/m0/s1. The van der Waals surface area contributed by atoms with Gasteiger partial charge in [0, 0.05) is 5.56 Å². The van der Waals surface area contributed by atoms with Gasteiger partial charge in [0.2, 0.25) is 0 Å². The topological polar surface area (TPSA) is 3.24 Å². The molecule has 3 unspecified atom stereocenters. The van der Waals surface area contributed by atoms with Gasteiger partial charge in [-0.1, -0.05) is 73.3 Å². The first-order valence-electron chi connectivity index (χ1n) is 11.5. The van der Waals surface area contributed by atoms with E-state index in [1.807, 2.05) is 18.2 Å². The van der Waals surface area contributed by atoms with Gasteiger partial charge in [0.05, 0.1) is 17.4 Å². The van der Waals surface area contributed by atoms with E-state index in [2.05, 4.69) is 97.0 Å². The molecule has 154 valence electrons. The molecule has 0 amide bonds. The molecule has 0 spiro atoms. The smallest absolute Gasteiger partial charge is 0.0933 e. The predicted molar refractivity (Wildman–Crippen MR) is 128 cm³/mol. The van der Waals surface area contributed by atoms with E-state index in [9.17, 15) is 0 Å². The minimum Gasteiger partial charge on any atom is -0.327 e. The Bertz CT molecular complexity index is 1110. The van der Waals surface area contributed by atoms with Crippen molar-refractivity contribution in [2.75, 3.05) is 4.90 Å². The van der Waals surface area contributed by atoms with Crippen LogP contribution >= 0.6 is 0 Å². The van der Waals surface area contributed by atoms with Crippen molar-refractivity contribution in [3.63, 3.8) is 0 Å². The number of anilines is 1. The quantitative estimate of drug-likeness (QED) is 0.387. The maximum atomic E-state index is 3.49. The summed E-state index contributed by atoms with van der Waals surface area (Å²) in [4.78, 5) is 2.38. The maximum absolute atomic E-state index is 3.49. The largest absolute Gasteiger partial charge is 0.327 e. The van der Waals surface area contributed by atoms with Crippen molar-refractivity contribution in [1.29, 1.82) is 0 Å². The Morgan fingerprint density at radius 3 is 2.81 bits per heavy atom. The number of nitrogens with zero attached hydrogens (tertiary/aromatic N) is 1. The first-order chi connectivity index (χ1) is 15.1. The molecule has 4 atom stereocenters. The number of hydrogen-bond donors (Lipinski definition) is 0. The Morgan fingerprint density at radius 2 is 2.00 bits per heavy atom. The van der Waals surface area contributed by atoms with Gasteiger partial charge in [-0.05, 0) is 85.4 Å². The van der Waals surface area contributed by atoms with Gasteiger partial charge in [-0.2, -0.15) is 0 Å². The molecule has 1 saturated carbocycles. The van der Waals surface area contributed by atoms with Crippen LogP contribution in [0.4, 0.5) is 5.69 Å². The molecule has 0 bridgehead atoms. The fraction of sp³-hybridized carbons (Fsp3) is 0.333. The van der Waals surface area contributed by atoms with E-state index in [1.54, 1.807) is 0 Å². The molecule has 1 heteroatoms. The first kappa shape index (κ1) is 19.8. The minimum absolute atomic E-state index is 0.197. The monoisotopic (exact) mass is 403 g/mol. The van der Waals surface area contributed by atoms with Crippen molar-refractivity contribution in [3.05, 3.63) is 113 Å². The van der Waals surface area contributed by atoms with Crippen LogP contribution in [0, 0.1) is 23.5 Å². The van der Waals surface area contributed by atoms with Crippen LogP contribution in [0.5, 0.6) is 0 Å². The average Bonchev–Trinajstić information content (AvgIpc) is 2.86. The summed E-state index contributed by atoms with van der Waals surface area (Å²) in [6.45, 7) is 4.74. The SMILES string of the molecule is C[C@H]1/C=C\C2(C)CCC(c3ccccc3)CC2Cc2c#cccc2N1C1=C=C=CC=C1. The van der Waals surface area contributed by atoms with Crippen LogP contribution in [0.1, 0.15) is 50.2 Å². The normalized spacial score (nSPS) is 30.2. The first-order valence-corrected chi connectivity index (χ1v) is 11.5. The molecule has 31 heavy (non-hydrogen) atoms. The van der Waals surface area contributed by atoms with Crippen molar-refractivity contribution in [1.82, 2.24) is 0 Å². The molecule has 2 aromatic rings. The van der Waals surface area contributed by atoms with Gasteiger partial charge in [0.1, 0.15) is 0 Å². The van der Waals surface area contributed by atoms with Gasteiger partial charge in [0.15, 0.2) is 0 Å². The highest BCUT2D eigenvalue weighted by Gasteiger charge is 2.40. The molecule has 2 aliphatic carbocycles. The summed E-state index contributed by atoms with van der Waals surface area (Å²) >= 11 is 0. The molecule has 1 fully saturated rings. The van der Waals surface area contributed by atoms with Crippen molar-refractivity contribution in [3.8, 4) is 0 Å². The fourth-order valence-electron chi connectivity index (χ4n) is 5.52. The van der Waals surface area contributed by atoms with Crippen LogP contribution in [0.15, 0.2) is 90.0 Å². The summed E-state index contributed by atoms with van der Waals surface area (Å²) in [5.74, 6) is 1.21. The van der Waals surface area contributed by atoms with E-state index in [0.717, 1.165) is 12.1 Å². The van der Waals surface area contributed by atoms with Crippen molar-refractivity contribution >= 4 is 5.69 Å². The molecule has 5 rings (SSSR count). The van der Waals surface area contributed by atoms with Gasteiger partial charge < -0.3 is 4.90 Å². The second-order valence-corrected chi connectivity index (χ2v) is 9.41. The van der Waals surface area contributed by atoms with Crippen LogP contribution in [-0.2, 0) is 6.42 Å². The summed E-state index contributed by atoms with van der Waals surface area (Å²) in [6, 6.07) is 22.2. The van der Waals surface area contributed by atoms with E-state index >= 15 is 0 Å². The van der Waals surface area contributed by atoms with E-state index < -0.39 is 0 Å². The molecule has 1 nitrogen and oxygen atoms in total. The second-order valence-electron chi connectivity index (χ2n) is 9.41. The van der Waals surface area contributed by atoms with Crippen molar-refractivity contribution in [2.24, 2.45) is 11.3 Å². The van der Waals surface area contributed by atoms with Gasteiger partial charge in [-0.15, -0.1) is 0 Å². The highest BCUT2D eigenvalue weighted by atomic mass is 15.2. The molecular formula is C30H29N. The molecule has 0 aromatic heterocycles. The van der Waals surface area contributed by atoms with E-state index in [1.165, 1.54) is 36.1 Å². The van der Waals surface area contributed by atoms with Crippen LogP contribution in [-0.4, -0.2) is 6.04 Å². The Labute approximate surface area is 186 Å². The predicted octanol–water partition coefficient (Wildman–Crippen LogP) is 6.95. The van der Waals surface area contributed by atoms with Crippen LogP contribution in [0.25, 0.3) is 0 Å². The molecule has 0 N–H and O–H groups in total. The Kier molecular flexibility index (Phi) is 5.21. The van der Waals surface area contributed by atoms with Crippen molar-refractivity contribution in [2.45, 2.75) is 51.5 Å². The molecule has 1 aliphatic heterocycles. The minimum atomic E-state index is 0.197. The van der Waals surface area contributed by atoms with Crippen LogP contribution in [0.3, 0.4) is 0 Å². The summed E-state index contributed by atoms with van der Waals surface area (Å²) in [5.41, 5.74) is 11.7. The van der Waals surface area contributed by atoms with E-state index in [0.29, 0.717) is 11.8 Å². The van der Waals surface area contributed by atoms with Gasteiger partial charge in [-0.25, -0.2) is 0 Å². The molecule has 0 saturated heterocycles. The van der Waals surface area contributed by atoms with Crippen LogP contribution in [0.2, 0.25) is 0 Å². The van der Waals surface area contributed by atoms with Crippen molar-refractivity contribution < 1.29 is 0 Å². The molecule has 3 aliphatic rings. The Hall–Kier alpha value is -3.16. The zero-order valence-corrected chi connectivity index (χ0v) is 18.4. The summed E-state index contributed by atoms with van der Waals surface area (Å²) in [6.07, 6.45) is 15.7. The fourth-order valence-corrected chi connectivity index (χ4v) is 5.52. The number of fused-ring (bicyclic) bond motifs is 2. The lowest BCUT2D eigenvalue weighted by molar-refractivity contribution is 0.154. The summed E-state index contributed by atoms with van der Waals surface area (Å²) in [5, 5.41) is 0. The highest BCUT2D eigenvalue weighted by molar-refractivity contribution is 5.61. The zero-order chi connectivity index (χ0) is 21.3. The number of hydrogen-bond acceptors (Lipinski definition) is 1. The summed E-state index contributed by atoms with van der Waals surface area (Å²) in [7, 11) is 0. The average molecular weight is 404 g/mol. The highest BCUT2D eigenvalue weighted by Crippen LogP contribution is 2.50. The van der Waals surface area contributed by atoms with Gasteiger partial charge >= 0.3 is 0 Å². The van der Waals surface area contributed by atoms with Crippen LogP contribution < -0.4 is 4.90 Å². The van der Waals surface area contributed by atoms with Gasteiger partial charge in [-0.3, -0.25) is 0 Å². The number of rotatable bonds is 2. The Balaban J connectivity index is 1.56. The van der Waals surface area contributed by atoms with E-state index in [4.69, 9.17) is 0 Å². The third-order valence-electron chi connectivity index (χ3n) is 7.43. The molecule has 0 radical (unpaired) electrons. The number of benzene rings is 1. The Morgan fingerprint density at radius 1 is 1.13 bits per heavy atom. The lowest BCUT2D eigenvalue weighted by Crippen LogP contribution is -2.33. The molecular weight excluding hydrogens is 374 g/mol. The molecule has 2 aromatic carbocycles. The summed E-state index contributed by atoms with van der Waals surface area (Å²) < 4.78 is 0. The third kappa shape index (κ3) is 3.82. The lowest BCUT2D eigenvalue weighted by Gasteiger charge is -2.43. The number of allylic oxidation sites excluding steroid dienone is 4. The second kappa shape index (κ2) is 8.17. The lowest BCUT2D eigenvalue weighted by atomic mass is 9.61. The third-order valence-corrected chi connectivity index (χ3v) is 7.43. The zero-order valence-electron chi connectivity index (χ0n) is 18.4. The molecule has 1 heterocycles.